The third-order valence-electron chi connectivity index (χ3n) is 5.99. The second-order valence-corrected chi connectivity index (χ2v) is 9.39. The topological polar surface area (TPSA) is 92.6 Å². The number of hydrogen-bond acceptors (Lipinski definition) is 5. The van der Waals surface area contributed by atoms with Crippen LogP contribution in [-0.4, -0.2) is 46.0 Å². The third-order valence-corrected chi connectivity index (χ3v) is 6.98. The molecule has 0 heterocycles. The van der Waals surface area contributed by atoms with Crippen molar-refractivity contribution in [2.45, 2.75) is 56.9 Å². The number of nitrogens with one attached hydrogen (secondary N) is 1. The fourth-order valence-electron chi connectivity index (χ4n) is 4.02. The zero-order chi connectivity index (χ0) is 23.6. The molecule has 0 aliphatic heterocycles. The summed E-state index contributed by atoms with van der Waals surface area (Å²) in [6.45, 7) is 2.27. The van der Waals surface area contributed by atoms with Gasteiger partial charge in [0.2, 0.25) is 11.8 Å². The third kappa shape index (κ3) is 7.60. The molecule has 1 N–H and O–H groups in total. The lowest BCUT2D eigenvalue weighted by molar-refractivity contribution is -0.384. The first-order valence-corrected chi connectivity index (χ1v) is 12.5. The predicted molar refractivity (Wildman–Crippen MR) is 131 cm³/mol. The summed E-state index contributed by atoms with van der Waals surface area (Å²) in [4.78, 5) is 38.0. The number of amides is 2. The van der Waals surface area contributed by atoms with Gasteiger partial charge < -0.3 is 10.2 Å². The maximum atomic E-state index is 13.1. The number of non-ortho nitro benzene ring substituents is 1. The molecule has 1 atom stereocenters. The Bertz CT molecular complexity index is 930. The van der Waals surface area contributed by atoms with E-state index in [9.17, 15) is 19.7 Å². The summed E-state index contributed by atoms with van der Waals surface area (Å²) >= 11 is 1.45. The Morgan fingerprint density at radius 3 is 2.39 bits per heavy atom. The van der Waals surface area contributed by atoms with Gasteiger partial charge in [-0.3, -0.25) is 19.7 Å². The monoisotopic (exact) mass is 469 g/mol. The van der Waals surface area contributed by atoms with Crippen LogP contribution in [0.5, 0.6) is 0 Å². The normalized spacial score (nSPS) is 14.6. The quantitative estimate of drug-likeness (QED) is 0.390. The van der Waals surface area contributed by atoms with Crippen molar-refractivity contribution in [2.24, 2.45) is 0 Å². The summed E-state index contributed by atoms with van der Waals surface area (Å²) in [7, 11) is 0. The summed E-state index contributed by atoms with van der Waals surface area (Å²) in [5.41, 5.74) is 2.09. The highest BCUT2D eigenvalue weighted by molar-refractivity contribution is 7.99. The van der Waals surface area contributed by atoms with Crippen LogP contribution in [0.2, 0.25) is 0 Å². The molecule has 1 saturated carbocycles. The molecule has 1 fully saturated rings. The fraction of sp³-hybridized carbons (Fsp3) is 0.440. The van der Waals surface area contributed by atoms with Crippen LogP contribution in [-0.2, 0) is 21.8 Å². The summed E-state index contributed by atoms with van der Waals surface area (Å²) in [6.07, 6.45) is 4.95. The summed E-state index contributed by atoms with van der Waals surface area (Å²) in [5, 5.41) is 13.9. The largest absolute Gasteiger partial charge is 0.352 e. The molecule has 0 aromatic heterocycles. The highest BCUT2D eigenvalue weighted by Crippen LogP contribution is 2.20. The Morgan fingerprint density at radius 1 is 1.09 bits per heavy atom. The number of nitro groups is 1. The summed E-state index contributed by atoms with van der Waals surface area (Å²) < 4.78 is 0. The van der Waals surface area contributed by atoms with Crippen LogP contribution in [0, 0.1) is 10.1 Å². The molecule has 1 aliphatic carbocycles. The molecule has 176 valence electrons. The van der Waals surface area contributed by atoms with Gasteiger partial charge in [0.1, 0.15) is 6.04 Å². The molecule has 33 heavy (non-hydrogen) atoms. The molecular weight excluding hydrogens is 438 g/mol. The van der Waals surface area contributed by atoms with Gasteiger partial charge in [-0.1, -0.05) is 55.3 Å². The molecular formula is C25H31N3O4S. The lowest BCUT2D eigenvalue weighted by Crippen LogP contribution is -2.51. The van der Waals surface area contributed by atoms with Gasteiger partial charge in [-0.05, 0) is 37.3 Å². The number of hydrogen-bond donors (Lipinski definition) is 1. The van der Waals surface area contributed by atoms with Crippen molar-refractivity contribution >= 4 is 29.3 Å². The standard InChI is InChI=1S/C25H31N3O4S/c1-19(25(30)26-22-9-5-6-10-22)27(16-15-20-7-3-2-4-8-20)24(29)18-33-17-21-11-13-23(14-12-21)28(31)32/h2-4,7-8,11-14,19,22H,5-6,9-10,15-18H2,1H3,(H,26,30)/t19-/m0/s1. The Labute approximate surface area is 199 Å². The van der Waals surface area contributed by atoms with Crippen molar-refractivity contribution in [2.75, 3.05) is 12.3 Å². The second-order valence-electron chi connectivity index (χ2n) is 8.41. The minimum Gasteiger partial charge on any atom is -0.352 e. The van der Waals surface area contributed by atoms with Gasteiger partial charge in [-0.25, -0.2) is 0 Å². The number of thioether (sulfide) groups is 1. The Hall–Kier alpha value is -2.87. The molecule has 0 unspecified atom stereocenters. The van der Waals surface area contributed by atoms with Gasteiger partial charge in [-0.15, -0.1) is 11.8 Å². The highest BCUT2D eigenvalue weighted by atomic mass is 32.2. The van der Waals surface area contributed by atoms with Crippen molar-refractivity contribution < 1.29 is 14.5 Å². The van der Waals surface area contributed by atoms with E-state index in [0.29, 0.717) is 18.7 Å². The van der Waals surface area contributed by atoms with Crippen molar-refractivity contribution in [3.8, 4) is 0 Å². The van der Waals surface area contributed by atoms with Crippen molar-refractivity contribution in [1.29, 1.82) is 0 Å². The van der Waals surface area contributed by atoms with E-state index >= 15 is 0 Å². The lowest BCUT2D eigenvalue weighted by atomic mass is 10.1. The van der Waals surface area contributed by atoms with Crippen LogP contribution in [0.3, 0.4) is 0 Å². The van der Waals surface area contributed by atoms with Crippen LogP contribution < -0.4 is 5.32 Å². The SMILES string of the molecule is C[C@@H](C(=O)NC1CCCC1)N(CCc1ccccc1)C(=O)CSCc1ccc([N+](=O)[O-])cc1. The van der Waals surface area contributed by atoms with E-state index in [1.165, 1.54) is 23.9 Å². The van der Waals surface area contributed by atoms with Gasteiger partial charge in [0.05, 0.1) is 10.7 Å². The van der Waals surface area contributed by atoms with E-state index < -0.39 is 11.0 Å². The summed E-state index contributed by atoms with van der Waals surface area (Å²) in [5.74, 6) is 0.641. The fourth-order valence-corrected chi connectivity index (χ4v) is 4.89. The molecule has 0 saturated heterocycles. The van der Waals surface area contributed by atoms with Crippen LogP contribution in [0.25, 0.3) is 0 Å². The van der Waals surface area contributed by atoms with Crippen LogP contribution in [0.1, 0.15) is 43.7 Å². The van der Waals surface area contributed by atoms with E-state index in [0.717, 1.165) is 36.8 Å². The molecule has 2 amide bonds. The molecule has 0 bridgehead atoms. The van der Waals surface area contributed by atoms with Crippen LogP contribution >= 0.6 is 11.8 Å². The van der Waals surface area contributed by atoms with E-state index in [-0.39, 0.29) is 29.3 Å². The van der Waals surface area contributed by atoms with Crippen molar-refractivity contribution in [3.63, 3.8) is 0 Å². The minimum atomic E-state index is -0.540. The van der Waals surface area contributed by atoms with Gasteiger partial charge >= 0.3 is 0 Å². The zero-order valence-corrected chi connectivity index (χ0v) is 19.8. The number of nitrogens with zero attached hydrogens (tertiary/aromatic N) is 2. The number of rotatable bonds is 11. The van der Waals surface area contributed by atoms with Gasteiger partial charge in [0.25, 0.3) is 5.69 Å². The van der Waals surface area contributed by atoms with Gasteiger partial charge in [0.15, 0.2) is 0 Å². The number of carbonyl (C=O) groups is 2. The Kier molecular flexibility index (Phi) is 9.30. The Morgan fingerprint density at radius 2 is 1.76 bits per heavy atom. The van der Waals surface area contributed by atoms with Crippen LogP contribution in [0.4, 0.5) is 5.69 Å². The average Bonchev–Trinajstić information content (AvgIpc) is 3.33. The van der Waals surface area contributed by atoms with E-state index in [2.05, 4.69) is 5.32 Å². The van der Waals surface area contributed by atoms with Gasteiger partial charge in [-0.2, -0.15) is 0 Å². The zero-order valence-electron chi connectivity index (χ0n) is 18.9. The first-order chi connectivity index (χ1) is 15.9. The molecule has 8 heteroatoms. The maximum absolute atomic E-state index is 13.1. The highest BCUT2D eigenvalue weighted by Gasteiger charge is 2.28. The van der Waals surface area contributed by atoms with Gasteiger partial charge in [0, 0.05) is 30.5 Å². The molecule has 0 radical (unpaired) electrons. The molecule has 1 aliphatic rings. The maximum Gasteiger partial charge on any atom is 0.269 e. The average molecular weight is 470 g/mol. The molecule has 0 spiro atoms. The second kappa shape index (κ2) is 12.4. The number of benzene rings is 2. The summed E-state index contributed by atoms with van der Waals surface area (Å²) in [6, 6.07) is 16.0. The lowest BCUT2D eigenvalue weighted by Gasteiger charge is -2.29. The van der Waals surface area contributed by atoms with E-state index in [1.807, 2.05) is 30.3 Å². The molecule has 3 rings (SSSR count). The van der Waals surface area contributed by atoms with Crippen molar-refractivity contribution in [3.05, 3.63) is 75.8 Å². The first kappa shape index (κ1) is 24.8. The van der Waals surface area contributed by atoms with E-state index in [1.54, 1.807) is 24.0 Å². The number of carbonyl (C=O) groups excluding carboxylic acids is 2. The predicted octanol–water partition coefficient (Wildman–Crippen LogP) is 4.35. The number of nitro benzene ring substituents is 1. The molecule has 2 aromatic rings. The van der Waals surface area contributed by atoms with Crippen LogP contribution in [0.15, 0.2) is 54.6 Å². The van der Waals surface area contributed by atoms with Crippen molar-refractivity contribution in [1.82, 2.24) is 10.2 Å². The first-order valence-electron chi connectivity index (χ1n) is 11.4. The van der Waals surface area contributed by atoms with E-state index in [4.69, 9.17) is 0 Å². The molecule has 2 aromatic carbocycles. The molecule has 7 nitrogen and oxygen atoms in total. The minimum absolute atomic E-state index is 0.0500. The smallest absolute Gasteiger partial charge is 0.269 e. The Balaban J connectivity index is 1.58.